The van der Waals surface area contributed by atoms with Crippen LogP contribution in [0.3, 0.4) is 0 Å². The fraction of sp³-hybridized carbons (Fsp3) is 0.312. The van der Waals surface area contributed by atoms with Crippen LogP contribution in [0.5, 0.6) is 0 Å². The van der Waals surface area contributed by atoms with E-state index in [1.807, 2.05) is 36.2 Å². The number of rotatable bonds is 6. The first-order valence-corrected chi connectivity index (χ1v) is 7.55. The lowest BCUT2D eigenvalue weighted by atomic mass is 10.1. The van der Waals surface area contributed by atoms with Gasteiger partial charge in [0.25, 0.3) is 0 Å². The van der Waals surface area contributed by atoms with Crippen LogP contribution in [0.1, 0.15) is 16.0 Å². The second kappa shape index (κ2) is 7.22. The number of likely N-dealkylation sites (N-methyl/N-ethyl adjacent to an activating group) is 1. The van der Waals surface area contributed by atoms with Crippen LogP contribution in [0.25, 0.3) is 0 Å². The Morgan fingerprint density at radius 1 is 1.25 bits per heavy atom. The molecule has 1 aromatic heterocycles. The highest BCUT2D eigenvalue weighted by Crippen LogP contribution is 2.10. The molecule has 1 N–H and O–H groups in total. The number of carbonyl (C=O) groups is 1. The second-order valence-corrected chi connectivity index (χ2v) is 5.99. The Bertz CT molecular complexity index is 551. The van der Waals surface area contributed by atoms with Crippen molar-refractivity contribution in [3.05, 3.63) is 57.8 Å². The predicted octanol–water partition coefficient (Wildman–Crippen LogP) is 2.80. The molecule has 0 saturated heterocycles. The van der Waals surface area contributed by atoms with Crippen molar-refractivity contribution >= 4 is 17.2 Å². The molecule has 2 rings (SSSR count). The third-order valence-electron chi connectivity index (χ3n) is 3.16. The second-order valence-electron chi connectivity index (χ2n) is 4.95. The lowest BCUT2D eigenvalue weighted by Gasteiger charge is -2.15. The largest absolute Gasteiger partial charge is 0.351 e. The van der Waals surface area contributed by atoms with Crippen molar-refractivity contribution in [2.24, 2.45) is 0 Å². The summed E-state index contributed by atoms with van der Waals surface area (Å²) in [4.78, 5) is 15.2. The van der Waals surface area contributed by atoms with Crippen LogP contribution in [-0.4, -0.2) is 24.4 Å². The van der Waals surface area contributed by atoms with Gasteiger partial charge >= 0.3 is 0 Å². The van der Waals surface area contributed by atoms with Gasteiger partial charge in [-0.2, -0.15) is 0 Å². The van der Waals surface area contributed by atoms with Crippen LogP contribution in [-0.2, 0) is 17.9 Å². The average molecular weight is 288 g/mol. The number of benzene rings is 1. The number of hydrogen-bond donors (Lipinski definition) is 1. The van der Waals surface area contributed by atoms with Crippen LogP contribution in [0.2, 0.25) is 0 Å². The highest BCUT2D eigenvalue weighted by Gasteiger charge is 2.07. The molecule has 0 aliphatic rings. The summed E-state index contributed by atoms with van der Waals surface area (Å²) >= 11 is 1.72. The normalized spacial score (nSPS) is 10.8. The van der Waals surface area contributed by atoms with Crippen LogP contribution in [0, 0.1) is 6.92 Å². The number of carbonyl (C=O) groups excluding carboxylic acids is 1. The van der Waals surface area contributed by atoms with Gasteiger partial charge in [-0.15, -0.1) is 11.3 Å². The van der Waals surface area contributed by atoms with Gasteiger partial charge in [0.1, 0.15) is 0 Å². The van der Waals surface area contributed by atoms with E-state index in [0.717, 1.165) is 6.54 Å². The van der Waals surface area contributed by atoms with Crippen molar-refractivity contribution in [2.45, 2.75) is 20.0 Å². The van der Waals surface area contributed by atoms with Gasteiger partial charge < -0.3 is 5.32 Å². The molecule has 4 heteroatoms. The van der Waals surface area contributed by atoms with Crippen LogP contribution in [0.15, 0.2) is 41.8 Å². The molecule has 106 valence electrons. The molecule has 0 spiro atoms. The molecule has 0 radical (unpaired) electrons. The number of aryl methyl sites for hydroxylation is 1. The maximum atomic E-state index is 11.9. The molecule has 0 unspecified atom stereocenters. The molecule has 0 saturated carbocycles. The average Bonchev–Trinajstić information content (AvgIpc) is 2.90. The standard InChI is InChI=1S/C16H20N2OS/c1-13-6-3-4-7-14(13)10-17-16(19)12-18(2)11-15-8-5-9-20-15/h3-9H,10-12H2,1-2H3,(H,17,19). The van der Waals surface area contributed by atoms with Gasteiger partial charge in [-0.05, 0) is 36.5 Å². The van der Waals surface area contributed by atoms with Crippen LogP contribution < -0.4 is 5.32 Å². The Morgan fingerprint density at radius 2 is 2.05 bits per heavy atom. The summed E-state index contributed by atoms with van der Waals surface area (Å²) in [6.45, 7) is 3.89. The quantitative estimate of drug-likeness (QED) is 0.886. The number of thiophene rings is 1. The van der Waals surface area contributed by atoms with E-state index in [-0.39, 0.29) is 5.91 Å². The molecular formula is C16H20N2OS. The summed E-state index contributed by atoms with van der Waals surface area (Å²) in [6.07, 6.45) is 0. The van der Waals surface area contributed by atoms with Crippen molar-refractivity contribution in [3.8, 4) is 0 Å². The van der Waals surface area contributed by atoms with Crippen molar-refractivity contribution in [1.82, 2.24) is 10.2 Å². The molecule has 0 bridgehead atoms. The third kappa shape index (κ3) is 4.47. The summed E-state index contributed by atoms with van der Waals surface area (Å²) in [7, 11) is 1.97. The SMILES string of the molecule is Cc1ccccc1CNC(=O)CN(C)Cc1cccs1. The minimum absolute atomic E-state index is 0.0623. The van der Waals surface area contributed by atoms with E-state index in [0.29, 0.717) is 13.1 Å². The van der Waals surface area contributed by atoms with Gasteiger partial charge in [0, 0.05) is 18.0 Å². The Kier molecular flexibility index (Phi) is 5.32. The predicted molar refractivity (Wildman–Crippen MR) is 83.7 cm³/mol. The van der Waals surface area contributed by atoms with E-state index in [1.54, 1.807) is 11.3 Å². The fourth-order valence-electron chi connectivity index (χ4n) is 2.03. The lowest BCUT2D eigenvalue weighted by molar-refractivity contribution is -0.122. The Labute approximate surface area is 124 Å². The number of nitrogens with one attached hydrogen (secondary N) is 1. The van der Waals surface area contributed by atoms with Gasteiger partial charge in [0.15, 0.2) is 0 Å². The molecule has 1 aromatic carbocycles. The zero-order chi connectivity index (χ0) is 14.4. The van der Waals surface area contributed by atoms with Gasteiger partial charge in [0.05, 0.1) is 6.54 Å². The first-order chi connectivity index (χ1) is 9.65. The Hall–Kier alpha value is -1.65. The molecule has 0 aliphatic heterocycles. The van der Waals surface area contributed by atoms with Crippen LogP contribution >= 0.6 is 11.3 Å². The molecule has 2 aromatic rings. The molecular weight excluding hydrogens is 268 g/mol. The summed E-state index contributed by atoms with van der Waals surface area (Å²) in [5.74, 6) is 0.0623. The summed E-state index contributed by atoms with van der Waals surface area (Å²) < 4.78 is 0. The highest BCUT2D eigenvalue weighted by molar-refractivity contribution is 7.09. The van der Waals surface area contributed by atoms with E-state index in [1.165, 1.54) is 16.0 Å². The van der Waals surface area contributed by atoms with Crippen molar-refractivity contribution in [2.75, 3.05) is 13.6 Å². The molecule has 3 nitrogen and oxygen atoms in total. The van der Waals surface area contributed by atoms with Gasteiger partial charge in [-0.3, -0.25) is 9.69 Å². The first-order valence-electron chi connectivity index (χ1n) is 6.67. The molecule has 1 heterocycles. The maximum absolute atomic E-state index is 11.9. The molecule has 0 fully saturated rings. The summed E-state index contributed by atoms with van der Waals surface area (Å²) in [5, 5.41) is 5.03. The Morgan fingerprint density at radius 3 is 2.75 bits per heavy atom. The zero-order valence-corrected chi connectivity index (χ0v) is 12.7. The number of nitrogens with zero attached hydrogens (tertiary/aromatic N) is 1. The third-order valence-corrected chi connectivity index (χ3v) is 4.02. The topological polar surface area (TPSA) is 32.3 Å². The lowest BCUT2D eigenvalue weighted by Crippen LogP contribution is -2.34. The molecule has 0 atom stereocenters. The van der Waals surface area contributed by atoms with E-state index < -0.39 is 0 Å². The van der Waals surface area contributed by atoms with E-state index in [4.69, 9.17) is 0 Å². The highest BCUT2D eigenvalue weighted by atomic mass is 32.1. The minimum Gasteiger partial charge on any atom is -0.351 e. The van der Waals surface area contributed by atoms with Gasteiger partial charge in [-0.1, -0.05) is 30.3 Å². The first kappa shape index (κ1) is 14.8. The molecule has 0 aliphatic carbocycles. The van der Waals surface area contributed by atoms with Gasteiger partial charge in [-0.25, -0.2) is 0 Å². The van der Waals surface area contributed by atoms with Gasteiger partial charge in [0.2, 0.25) is 5.91 Å². The van der Waals surface area contributed by atoms with E-state index in [9.17, 15) is 4.79 Å². The summed E-state index contributed by atoms with van der Waals surface area (Å²) in [5.41, 5.74) is 2.38. The molecule has 1 amide bonds. The monoisotopic (exact) mass is 288 g/mol. The van der Waals surface area contributed by atoms with Crippen molar-refractivity contribution in [3.63, 3.8) is 0 Å². The number of amides is 1. The number of hydrogen-bond acceptors (Lipinski definition) is 3. The minimum atomic E-state index is 0.0623. The smallest absolute Gasteiger partial charge is 0.234 e. The Balaban J connectivity index is 1.76. The van der Waals surface area contributed by atoms with Crippen LogP contribution in [0.4, 0.5) is 0 Å². The summed E-state index contributed by atoms with van der Waals surface area (Å²) in [6, 6.07) is 12.2. The fourth-order valence-corrected chi connectivity index (χ4v) is 2.81. The molecule has 20 heavy (non-hydrogen) atoms. The van der Waals surface area contributed by atoms with Crippen molar-refractivity contribution in [1.29, 1.82) is 0 Å². The van der Waals surface area contributed by atoms with Crippen molar-refractivity contribution < 1.29 is 4.79 Å². The zero-order valence-electron chi connectivity index (χ0n) is 11.9. The maximum Gasteiger partial charge on any atom is 0.234 e. The van der Waals surface area contributed by atoms with E-state index in [2.05, 4.69) is 29.8 Å². The van der Waals surface area contributed by atoms with E-state index >= 15 is 0 Å².